The number of aromatic amines is 1. The quantitative estimate of drug-likeness (QED) is 0.705. The molecule has 0 amide bonds. The van der Waals surface area contributed by atoms with Crippen LogP contribution in [0.5, 0.6) is 0 Å². The van der Waals surface area contributed by atoms with Crippen LogP contribution in [0.1, 0.15) is 28.5 Å². The van der Waals surface area contributed by atoms with Gasteiger partial charge in [-0.3, -0.25) is 10.1 Å². The lowest BCUT2D eigenvalue weighted by Crippen LogP contribution is -2.19. The van der Waals surface area contributed by atoms with Crippen LogP contribution >= 0.6 is 0 Å². The van der Waals surface area contributed by atoms with Gasteiger partial charge in [-0.05, 0) is 19.9 Å². The Kier molecular flexibility index (Phi) is 2.82. The molecule has 0 saturated carbocycles. The summed E-state index contributed by atoms with van der Waals surface area (Å²) in [6, 6.07) is 3.63. The maximum Gasteiger partial charge on any atom is 0.283 e. The highest BCUT2D eigenvalue weighted by Crippen LogP contribution is 2.13. The van der Waals surface area contributed by atoms with Crippen molar-refractivity contribution in [3.8, 4) is 6.07 Å². The molecule has 72 valence electrons. The van der Waals surface area contributed by atoms with Crippen molar-refractivity contribution in [2.75, 3.05) is 12.4 Å². The summed E-state index contributed by atoms with van der Waals surface area (Å²) in [6.45, 7) is 3.27. The predicted molar refractivity (Wildman–Crippen MR) is 52.0 cm³/mol. The number of H-pyrrole nitrogens is 1. The van der Waals surface area contributed by atoms with E-state index < -0.39 is 0 Å². The maximum absolute atomic E-state index is 11.2. The van der Waals surface area contributed by atoms with Crippen LogP contribution in [0.25, 0.3) is 0 Å². The van der Waals surface area contributed by atoms with Gasteiger partial charge in [0.15, 0.2) is 5.78 Å². The van der Waals surface area contributed by atoms with Crippen molar-refractivity contribution in [2.45, 2.75) is 13.8 Å². The van der Waals surface area contributed by atoms with Gasteiger partial charge in [0.2, 0.25) is 0 Å². The number of Topliss-reactive ketones (excluding diaryl/α,β-unsaturated/α-hetero) is 1. The maximum atomic E-state index is 11.2. The fourth-order valence-electron chi connectivity index (χ4n) is 1.24. The van der Waals surface area contributed by atoms with Crippen LogP contribution in [0, 0.1) is 18.3 Å². The summed E-state index contributed by atoms with van der Waals surface area (Å²) in [5, 5.41) is 11.7. The number of rotatable bonds is 2. The number of carbonyl (C=O) groups excluding carboxylic acids is 1. The van der Waals surface area contributed by atoms with Crippen molar-refractivity contribution in [1.82, 2.24) is 0 Å². The normalized spacial score (nSPS) is 9.29. The molecule has 0 radical (unpaired) electrons. The summed E-state index contributed by atoms with van der Waals surface area (Å²) < 4.78 is 0. The molecule has 0 saturated heterocycles. The standard InChI is InChI=1S/C10H11N3O/c1-6-8(5-11)4-9(7(2)14)10(12-3)13-6/h4H,1-3H3,(H,12,13)/p+1. The average Bonchev–Trinajstić information content (AvgIpc) is 2.16. The zero-order chi connectivity index (χ0) is 10.7. The van der Waals surface area contributed by atoms with E-state index in [9.17, 15) is 4.79 Å². The van der Waals surface area contributed by atoms with Crippen LogP contribution in [0.3, 0.4) is 0 Å². The highest BCUT2D eigenvalue weighted by molar-refractivity contribution is 5.98. The number of hydrogen-bond donors (Lipinski definition) is 1. The minimum atomic E-state index is -0.0675. The number of aromatic nitrogens is 1. The molecule has 0 unspecified atom stereocenters. The summed E-state index contributed by atoms with van der Waals surface area (Å²) in [6.07, 6.45) is 0. The molecular formula is C10H12N3O+. The van der Waals surface area contributed by atoms with E-state index in [1.807, 2.05) is 6.07 Å². The predicted octanol–water partition coefficient (Wildman–Crippen LogP) is 0.925. The Bertz CT molecular complexity index is 418. The average molecular weight is 190 g/mol. The van der Waals surface area contributed by atoms with Crippen molar-refractivity contribution < 1.29 is 9.78 Å². The van der Waals surface area contributed by atoms with Crippen LogP contribution in [0.15, 0.2) is 6.07 Å². The Morgan fingerprint density at radius 3 is 2.71 bits per heavy atom. The molecule has 0 aliphatic carbocycles. The van der Waals surface area contributed by atoms with Gasteiger partial charge < -0.3 is 0 Å². The number of carbonyl (C=O) groups is 1. The van der Waals surface area contributed by atoms with E-state index >= 15 is 0 Å². The number of nitrogens with zero attached hydrogens (tertiary/aromatic N) is 1. The molecule has 1 aromatic rings. The summed E-state index contributed by atoms with van der Waals surface area (Å²) in [4.78, 5) is 14.2. The molecule has 1 aromatic heterocycles. The van der Waals surface area contributed by atoms with E-state index in [0.717, 1.165) is 5.69 Å². The van der Waals surface area contributed by atoms with E-state index in [0.29, 0.717) is 16.9 Å². The van der Waals surface area contributed by atoms with Gasteiger partial charge in [-0.15, -0.1) is 0 Å². The second-order valence-corrected chi connectivity index (χ2v) is 3.01. The Morgan fingerprint density at radius 2 is 2.29 bits per heavy atom. The lowest BCUT2D eigenvalue weighted by atomic mass is 10.1. The van der Waals surface area contributed by atoms with Crippen molar-refractivity contribution >= 4 is 11.6 Å². The Labute approximate surface area is 82.6 Å². The first kappa shape index (κ1) is 10.2. The molecule has 0 atom stereocenters. The largest absolute Gasteiger partial charge is 0.294 e. The van der Waals surface area contributed by atoms with Crippen molar-refractivity contribution in [1.29, 1.82) is 5.26 Å². The highest BCUT2D eigenvalue weighted by Gasteiger charge is 2.15. The molecule has 14 heavy (non-hydrogen) atoms. The van der Waals surface area contributed by atoms with E-state index in [-0.39, 0.29) is 5.78 Å². The van der Waals surface area contributed by atoms with E-state index in [4.69, 9.17) is 5.26 Å². The summed E-state index contributed by atoms with van der Waals surface area (Å²) in [7, 11) is 1.73. The lowest BCUT2D eigenvalue weighted by Gasteiger charge is -2.01. The summed E-state index contributed by atoms with van der Waals surface area (Å²) in [5.41, 5.74) is 1.76. The first-order valence-corrected chi connectivity index (χ1v) is 4.26. The van der Waals surface area contributed by atoms with Crippen molar-refractivity contribution in [3.05, 3.63) is 22.9 Å². The number of pyridine rings is 1. The van der Waals surface area contributed by atoms with Gasteiger partial charge in [-0.1, -0.05) is 0 Å². The van der Waals surface area contributed by atoms with E-state index in [1.54, 1.807) is 20.0 Å². The van der Waals surface area contributed by atoms with E-state index in [2.05, 4.69) is 10.3 Å². The SMILES string of the molecule is CNc1[nH+]c(C)c(C#N)cc1C(C)=O. The number of ketones is 1. The van der Waals surface area contributed by atoms with Crippen molar-refractivity contribution in [3.63, 3.8) is 0 Å². The molecule has 0 aliphatic heterocycles. The molecule has 1 heterocycles. The van der Waals surface area contributed by atoms with Gasteiger partial charge in [0.25, 0.3) is 5.82 Å². The zero-order valence-electron chi connectivity index (χ0n) is 8.43. The lowest BCUT2D eigenvalue weighted by molar-refractivity contribution is -0.371. The minimum absolute atomic E-state index is 0.0675. The molecule has 0 bridgehead atoms. The van der Waals surface area contributed by atoms with Gasteiger partial charge in [-0.25, -0.2) is 4.98 Å². The summed E-state index contributed by atoms with van der Waals surface area (Å²) >= 11 is 0. The first-order valence-electron chi connectivity index (χ1n) is 4.26. The van der Waals surface area contributed by atoms with Gasteiger partial charge in [-0.2, -0.15) is 5.26 Å². The second kappa shape index (κ2) is 3.88. The number of aryl methyl sites for hydroxylation is 1. The monoisotopic (exact) mass is 190 g/mol. The smallest absolute Gasteiger partial charge is 0.283 e. The number of anilines is 1. The van der Waals surface area contributed by atoms with Crippen LogP contribution in [-0.2, 0) is 0 Å². The molecule has 0 spiro atoms. The molecule has 0 fully saturated rings. The third kappa shape index (κ3) is 1.72. The van der Waals surface area contributed by atoms with Crippen LogP contribution < -0.4 is 10.3 Å². The first-order chi connectivity index (χ1) is 6.60. The Morgan fingerprint density at radius 1 is 1.64 bits per heavy atom. The van der Waals surface area contributed by atoms with Gasteiger partial charge in [0.1, 0.15) is 17.3 Å². The molecule has 2 N–H and O–H groups in total. The second-order valence-electron chi connectivity index (χ2n) is 3.01. The molecule has 1 rings (SSSR count). The topological polar surface area (TPSA) is 67.0 Å². The minimum Gasteiger partial charge on any atom is -0.294 e. The van der Waals surface area contributed by atoms with Crippen LogP contribution in [-0.4, -0.2) is 12.8 Å². The van der Waals surface area contributed by atoms with Gasteiger partial charge >= 0.3 is 0 Å². The number of nitriles is 1. The zero-order valence-corrected chi connectivity index (χ0v) is 8.43. The van der Waals surface area contributed by atoms with Gasteiger partial charge in [0, 0.05) is 0 Å². The molecule has 4 heteroatoms. The number of hydrogen-bond acceptors (Lipinski definition) is 3. The Hall–Kier alpha value is -1.89. The molecule has 4 nitrogen and oxygen atoms in total. The highest BCUT2D eigenvalue weighted by atomic mass is 16.1. The van der Waals surface area contributed by atoms with Gasteiger partial charge in [0.05, 0.1) is 12.6 Å². The molecule has 0 aliphatic rings. The summed E-state index contributed by atoms with van der Waals surface area (Å²) in [5.74, 6) is 0.580. The van der Waals surface area contributed by atoms with E-state index in [1.165, 1.54) is 6.92 Å². The van der Waals surface area contributed by atoms with Crippen LogP contribution in [0.2, 0.25) is 0 Å². The third-order valence-electron chi connectivity index (χ3n) is 2.02. The number of nitrogens with one attached hydrogen (secondary N) is 2. The van der Waals surface area contributed by atoms with Crippen molar-refractivity contribution in [2.24, 2.45) is 0 Å². The third-order valence-corrected chi connectivity index (χ3v) is 2.02. The fraction of sp³-hybridized carbons (Fsp3) is 0.300. The molecule has 0 aromatic carbocycles. The molecular weight excluding hydrogens is 178 g/mol. The Balaban J connectivity index is 3.42. The van der Waals surface area contributed by atoms with Crippen LogP contribution in [0.4, 0.5) is 5.82 Å². The fourth-order valence-corrected chi connectivity index (χ4v) is 1.24.